The molecule has 0 aliphatic rings. The van der Waals surface area contributed by atoms with Gasteiger partial charge in [-0.15, -0.1) is 0 Å². The molecule has 1 aromatic carbocycles. The van der Waals surface area contributed by atoms with E-state index in [-0.39, 0.29) is 20.8 Å². The number of halogens is 2. The zero-order chi connectivity index (χ0) is 25.8. The zero-order valence-corrected chi connectivity index (χ0v) is 26.8. The Balaban J connectivity index is 0.000000263. The smallest absolute Gasteiger partial charge is 0.0964 e. The summed E-state index contributed by atoms with van der Waals surface area (Å²) in [6, 6.07) is 12.1. The van der Waals surface area contributed by atoms with E-state index in [0.29, 0.717) is 25.0 Å². The number of aromatic nitrogens is 2. The molecule has 35 heavy (non-hydrogen) atoms. The van der Waals surface area contributed by atoms with Gasteiger partial charge in [0, 0.05) is 23.2 Å². The number of carbonyl (C=O) groups is 2. The molecule has 3 rings (SSSR count). The molecule has 6 nitrogen and oxygen atoms in total. The van der Waals surface area contributed by atoms with Crippen molar-refractivity contribution in [1.29, 1.82) is 0 Å². The fraction of sp³-hybridized carbons (Fsp3) is 0.462. The van der Waals surface area contributed by atoms with Gasteiger partial charge in [-0.1, -0.05) is 24.3 Å². The van der Waals surface area contributed by atoms with Gasteiger partial charge in [-0.25, -0.2) is 0 Å². The first-order valence-electron chi connectivity index (χ1n) is 11.8. The summed E-state index contributed by atoms with van der Waals surface area (Å²) in [4.78, 5) is 32.2. The summed E-state index contributed by atoms with van der Waals surface area (Å²) >= 11 is 4.02. The summed E-state index contributed by atoms with van der Waals surface area (Å²) in [5, 5.41) is 2.28. The summed E-state index contributed by atoms with van der Waals surface area (Å²) in [5.41, 5.74) is 1.95. The number of ether oxygens (including phenoxy) is 2. The molecular weight excluding hydrogens is 683 g/mol. The van der Waals surface area contributed by atoms with Crippen molar-refractivity contribution in [2.24, 2.45) is 11.8 Å². The van der Waals surface area contributed by atoms with Crippen molar-refractivity contribution in [3.8, 4) is 0 Å². The van der Waals surface area contributed by atoms with E-state index in [4.69, 9.17) is 9.47 Å². The van der Waals surface area contributed by atoms with Gasteiger partial charge in [0.05, 0.1) is 11.0 Å². The fourth-order valence-corrected chi connectivity index (χ4v) is 12.6. The maximum atomic E-state index is 11.7. The molecule has 2 heterocycles. The number of esters is 2. The minimum absolute atomic E-state index is 0.241. The fourth-order valence-electron chi connectivity index (χ4n) is 3.08. The Kier molecular flexibility index (Phi) is 12.9. The molecule has 9 heteroatoms. The minimum atomic E-state index is -3.08. The van der Waals surface area contributed by atoms with E-state index in [1.807, 2.05) is 12.1 Å². The van der Waals surface area contributed by atoms with E-state index < -0.39 is 13.9 Å². The Morgan fingerprint density at radius 2 is 1.17 bits per heavy atom. The molecule has 0 spiro atoms. The van der Waals surface area contributed by atoms with Crippen LogP contribution in [0, 0.1) is 11.8 Å². The van der Waals surface area contributed by atoms with E-state index in [1.54, 1.807) is 12.4 Å². The van der Waals surface area contributed by atoms with Gasteiger partial charge < -0.3 is 0 Å². The van der Waals surface area contributed by atoms with Crippen LogP contribution in [-0.4, -0.2) is 49.1 Å². The van der Waals surface area contributed by atoms with E-state index in [0.717, 1.165) is 34.6 Å². The first kappa shape index (κ1) is 30.0. The number of hydrogen-bond acceptors (Lipinski definition) is 6. The number of rotatable bonds is 10. The standard InChI is InChI=1S/C12H8N2.2C7H13O2.2BrH.Sn/c1-3-9-5-6-10-4-2-8-14-12(10)11(9)13-7-1;2*1-6(2)4-5-9-7(3)8;;;/h1-8H;2*6H,3-5H2,1-2H3;2*1H;/q;;;;;+2/p-2. The van der Waals surface area contributed by atoms with Gasteiger partial charge in [-0.2, -0.15) is 0 Å². The van der Waals surface area contributed by atoms with Crippen LogP contribution in [-0.2, 0) is 19.1 Å². The molecule has 0 radical (unpaired) electrons. The van der Waals surface area contributed by atoms with Crippen molar-refractivity contribution in [1.82, 2.24) is 9.97 Å². The van der Waals surface area contributed by atoms with Crippen LogP contribution in [0.3, 0.4) is 0 Å². The van der Waals surface area contributed by atoms with E-state index in [2.05, 4.69) is 87.3 Å². The van der Waals surface area contributed by atoms with Crippen molar-refractivity contribution in [2.75, 3.05) is 13.2 Å². The molecule has 0 saturated carbocycles. The average molecular weight is 717 g/mol. The Labute approximate surface area is 224 Å². The van der Waals surface area contributed by atoms with Crippen molar-refractivity contribution in [3.63, 3.8) is 0 Å². The summed E-state index contributed by atoms with van der Waals surface area (Å²) in [7, 11) is 0. The molecule has 3 aromatic rings. The van der Waals surface area contributed by atoms with Crippen LogP contribution in [0.2, 0.25) is 8.87 Å². The molecule has 0 N–H and O–H groups in total. The number of pyridine rings is 2. The first-order chi connectivity index (χ1) is 16.6. The van der Waals surface area contributed by atoms with Crippen LogP contribution in [0.25, 0.3) is 21.8 Å². The Hall–Kier alpha value is -1.26. The van der Waals surface area contributed by atoms with E-state index >= 15 is 0 Å². The summed E-state index contributed by atoms with van der Waals surface area (Å²) in [6.45, 7) is 9.21. The predicted octanol–water partition coefficient (Wildman–Crippen LogP) is 7.18. The van der Waals surface area contributed by atoms with Gasteiger partial charge in [0.1, 0.15) is 0 Å². The van der Waals surface area contributed by atoms with Crippen LogP contribution in [0.15, 0.2) is 48.8 Å². The van der Waals surface area contributed by atoms with E-state index in [9.17, 15) is 9.59 Å². The largest absolute Gasteiger partial charge is 0.254 e. The summed E-state index contributed by atoms with van der Waals surface area (Å²) in [5.74, 6) is 0.537. The predicted molar refractivity (Wildman–Crippen MR) is 151 cm³/mol. The quantitative estimate of drug-likeness (QED) is 0.126. The molecule has 0 aliphatic heterocycles. The number of fused-ring (bicyclic) bond motifs is 3. The molecule has 0 unspecified atom stereocenters. The molecule has 0 atom stereocenters. The molecule has 2 aromatic heterocycles. The average Bonchev–Trinajstić information content (AvgIpc) is 2.78. The van der Waals surface area contributed by atoms with Crippen molar-refractivity contribution < 1.29 is 19.1 Å². The maximum Gasteiger partial charge on any atom is 0.0964 e. The Morgan fingerprint density at radius 1 is 0.771 bits per heavy atom. The third-order valence-corrected chi connectivity index (χ3v) is 17.2. The number of benzene rings is 1. The molecule has 0 saturated heterocycles. The topological polar surface area (TPSA) is 78.4 Å². The first-order valence-corrected chi connectivity index (χ1v) is 28.7. The molecule has 0 aliphatic carbocycles. The number of hydrogen-bond donors (Lipinski definition) is 0. The SMILES string of the molecule is CC(C)CCOC(=O)[CH2][Sn]([Br])([Br])[CH2]C(=O)OCCC(C)C.c1cnc2c(c1)ccc1cccnc12. The molecule has 190 valence electrons. The second-order valence-electron chi connectivity index (χ2n) is 9.23. The van der Waals surface area contributed by atoms with Gasteiger partial charge in [0.15, 0.2) is 0 Å². The van der Waals surface area contributed by atoms with Crippen LogP contribution < -0.4 is 0 Å². The molecule has 0 amide bonds. The molecular formula is C26H34Br2N2O4Sn. The van der Waals surface area contributed by atoms with Crippen LogP contribution >= 0.6 is 25.4 Å². The minimum Gasteiger partial charge on any atom is -0.254 e. The number of carbonyl (C=O) groups excluding carboxylic acids is 2. The van der Waals surface area contributed by atoms with Crippen molar-refractivity contribution >= 4 is 73.1 Å². The second-order valence-corrected chi connectivity index (χ2v) is 43.6. The summed E-state index contributed by atoms with van der Waals surface area (Å²) < 4.78 is 10.9. The number of nitrogens with zero attached hydrogens (tertiary/aromatic N) is 2. The van der Waals surface area contributed by atoms with Gasteiger partial charge >= 0.3 is 145 Å². The van der Waals surface area contributed by atoms with Gasteiger partial charge in [0.25, 0.3) is 0 Å². The monoisotopic (exact) mass is 716 g/mol. The molecule has 0 bridgehead atoms. The molecule has 0 fully saturated rings. The normalized spacial score (nSPS) is 11.4. The third kappa shape index (κ3) is 11.6. The Bertz CT molecular complexity index is 1020. The maximum absolute atomic E-state index is 11.7. The van der Waals surface area contributed by atoms with Gasteiger partial charge in [-0.3, -0.25) is 9.97 Å². The third-order valence-electron chi connectivity index (χ3n) is 5.07. The van der Waals surface area contributed by atoms with E-state index in [1.165, 1.54) is 0 Å². The zero-order valence-electron chi connectivity index (χ0n) is 20.8. The van der Waals surface area contributed by atoms with Crippen molar-refractivity contribution in [3.05, 3.63) is 48.8 Å². The van der Waals surface area contributed by atoms with Gasteiger partial charge in [-0.05, 0) is 12.1 Å². The second kappa shape index (κ2) is 15.1. The van der Waals surface area contributed by atoms with Crippen LogP contribution in [0.4, 0.5) is 0 Å². The van der Waals surface area contributed by atoms with Crippen molar-refractivity contribution in [2.45, 2.75) is 49.4 Å². The summed E-state index contributed by atoms with van der Waals surface area (Å²) in [6.07, 6.45) is 5.32. The van der Waals surface area contributed by atoms with Crippen LogP contribution in [0.1, 0.15) is 40.5 Å². The Morgan fingerprint density at radius 3 is 1.54 bits per heavy atom. The van der Waals surface area contributed by atoms with Crippen LogP contribution in [0.5, 0.6) is 0 Å². The van der Waals surface area contributed by atoms with Gasteiger partial charge in [0.2, 0.25) is 0 Å².